The molecule has 5 fully saturated rings. The van der Waals surface area contributed by atoms with E-state index in [0.717, 1.165) is 110 Å². The summed E-state index contributed by atoms with van der Waals surface area (Å²) in [4.78, 5) is 90.4. The Morgan fingerprint density at radius 2 is 0.928 bits per heavy atom. The summed E-state index contributed by atoms with van der Waals surface area (Å²) in [5, 5.41) is 42.3. The van der Waals surface area contributed by atoms with Crippen LogP contribution in [0.4, 0.5) is 17.5 Å². The number of nitrogens with one attached hydrogen (secondary N) is 4. The monoisotopic (exact) mass is 1200 g/mol. The zero-order valence-corrected chi connectivity index (χ0v) is 52.1. The van der Waals surface area contributed by atoms with E-state index in [1.165, 1.54) is 57.8 Å². The van der Waals surface area contributed by atoms with Crippen molar-refractivity contribution in [2.45, 2.75) is 215 Å². The fraction of sp³-hybridized carbons (Fsp3) is 0.661. The van der Waals surface area contributed by atoms with Crippen molar-refractivity contribution in [2.75, 3.05) is 65.1 Å². The lowest BCUT2D eigenvalue weighted by Crippen LogP contribution is -2.43. The molecule has 0 aromatic carbocycles. The highest BCUT2D eigenvalue weighted by Gasteiger charge is 2.37. The molecule has 3 aromatic heterocycles. The lowest BCUT2D eigenvalue weighted by molar-refractivity contribution is -0.149. The molecule has 3 aromatic rings. The van der Waals surface area contributed by atoms with Gasteiger partial charge in [0.05, 0.1) is 34.4 Å². The number of aromatic nitrogens is 3. The van der Waals surface area contributed by atoms with Gasteiger partial charge in [-0.2, -0.15) is 0 Å². The maximum atomic E-state index is 12.9. The smallest absolute Gasteiger partial charge is 0.309 e. The van der Waals surface area contributed by atoms with Crippen LogP contribution >= 0.6 is 35.3 Å². The van der Waals surface area contributed by atoms with E-state index in [-0.39, 0.29) is 48.2 Å². The number of hydrogen-bond acceptors (Lipinski definition) is 15. The van der Waals surface area contributed by atoms with E-state index in [1.54, 1.807) is 47.4 Å². The quantitative estimate of drug-likeness (QED) is 0.0436. The van der Waals surface area contributed by atoms with Crippen LogP contribution in [0.5, 0.6) is 0 Å². The zero-order valence-electron chi connectivity index (χ0n) is 49.7. The van der Waals surface area contributed by atoms with Crippen LogP contribution < -0.4 is 31.1 Å². The molecule has 8 rings (SSSR count). The third-order valence-corrected chi connectivity index (χ3v) is 19.8. The number of aliphatic carboxylic acids is 3. The first-order valence-corrected chi connectivity index (χ1v) is 33.8. The average molecular weight is 1200 g/mol. The summed E-state index contributed by atoms with van der Waals surface area (Å²) in [5.74, 6) is 2.37. The van der Waals surface area contributed by atoms with Crippen molar-refractivity contribution in [3.05, 3.63) is 53.1 Å². The molecule has 0 bridgehead atoms. The van der Waals surface area contributed by atoms with Crippen molar-refractivity contribution in [1.82, 2.24) is 30.9 Å². The van der Waals surface area contributed by atoms with Crippen LogP contribution in [-0.2, 0) is 14.4 Å². The van der Waals surface area contributed by atoms with Crippen LogP contribution in [0.25, 0.3) is 0 Å². The van der Waals surface area contributed by atoms with E-state index in [4.69, 9.17) is 15.1 Å². The standard InChI is InChI=1S/2C22H33N3O3S.C18H27N3O3S/c1-3-15-29-20-17(19(26)23-16-7-5-4-6-8-16)9-10-18(24-20)25-13-11-22(2,12-14-25)21(27)28;1-2-15-29-21-18(20(26)23-17-8-4-3-5-9-17)10-11-19(24-21)25-13-6-7-16(12-14-25)22(27)28;1-2-12-25-18-14(17(24)20-13-6-4-3-5-7-13)8-9-15(21-18)19-11-10-16(22)23/h9-10,16H,3-8,11-15H2,1-2H3,(H,23,26)(H,27,28);10-11,16-17H,2-9,12-15H2,1H3,(H,23,26)(H,27,28);8-9,13H,2-7,10-12H2,1H3,(H,19,21)(H,20,24)(H,22,23). The van der Waals surface area contributed by atoms with E-state index >= 15 is 0 Å². The molecule has 21 heteroatoms. The molecule has 5 heterocycles. The summed E-state index contributed by atoms with van der Waals surface area (Å²) >= 11 is 4.82. The Kier molecular flexibility index (Phi) is 28.4. The number of carbonyl (C=O) groups is 6. The highest BCUT2D eigenvalue weighted by atomic mass is 32.2. The van der Waals surface area contributed by atoms with Gasteiger partial charge in [-0.25, -0.2) is 15.0 Å². The number of pyridine rings is 3. The molecule has 2 saturated heterocycles. The van der Waals surface area contributed by atoms with Crippen molar-refractivity contribution in [3.63, 3.8) is 0 Å². The largest absolute Gasteiger partial charge is 0.481 e. The third kappa shape index (κ3) is 21.6. The number of thioether (sulfide) groups is 3. The zero-order chi connectivity index (χ0) is 59.6. The van der Waals surface area contributed by atoms with Crippen molar-refractivity contribution in [3.8, 4) is 0 Å². The molecular weight excluding hydrogens is 1110 g/mol. The second-order valence-corrected chi connectivity index (χ2v) is 26.2. The minimum atomic E-state index is -0.850. The van der Waals surface area contributed by atoms with Gasteiger partial charge in [-0.1, -0.05) is 78.6 Å². The first-order chi connectivity index (χ1) is 40.1. The molecule has 5 aliphatic rings. The molecule has 1 unspecified atom stereocenters. The summed E-state index contributed by atoms with van der Waals surface area (Å²) < 4.78 is 0. The Labute approximate surface area is 505 Å². The van der Waals surface area contributed by atoms with Crippen molar-refractivity contribution in [2.24, 2.45) is 11.3 Å². The lowest BCUT2D eigenvalue weighted by Gasteiger charge is -2.37. The van der Waals surface area contributed by atoms with Gasteiger partial charge in [-0.05, 0) is 150 Å². The number of nitrogens with zero attached hydrogens (tertiary/aromatic N) is 5. The van der Waals surface area contributed by atoms with E-state index in [9.17, 15) is 39.0 Å². The van der Waals surface area contributed by atoms with E-state index < -0.39 is 23.3 Å². The molecule has 3 amide bonds. The van der Waals surface area contributed by atoms with E-state index in [1.807, 2.05) is 31.2 Å². The predicted octanol–water partition coefficient (Wildman–Crippen LogP) is 12.2. The maximum absolute atomic E-state index is 12.9. The second kappa shape index (κ2) is 35.2. The first kappa shape index (κ1) is 66.9. The topological polar surface area (TPSA) is 256 Å². The van der Waals surface area contributed by atoms with Gasteiger partial charge < -0.3 is 46.4 Å². The highest BCUT2D eigenvalue weighted by molar-refractivity contribution is 7.99. The molecule has 2 aliphatic heterocycles. The molecule has 3 saturated carbocycles. The summed E-state index contributed by atoms with van der Waals surface area (Å²) in [6.07, 6.45) is 23.7. The number of rotatable bonds is 23. The van der Waals surface area contributed by atoms with Gasteiger partial charge >= 0.3 is 17.9 Å². The van der Waals surface area contributed by atoms with Crippen LogP contribution in [-0.4, -0.2) is 134 Å². The fourth-order valence-electron chi connectivity index (χ4n) is 11.0. The number of amides is 3. The molecule has 0 radical (unpaired) electrons. The Balaban J connectivity index is 0.000000201. The molecule has 7 N–H and O–H groups in total. The Hall–Kier alpha value is -5.28. The normalized spacial score (nSPS) is 18.7. The molecule has 1 atom stereocenters. The Morgan fingerprint density at radius 3 is 1.33 bits per heavy atom. The van der Waals surface area contributed by atoms with Crippen LogP contribution in [0.2, 0.25) is 0 Å². The number of carboxylic acid groups (broad SMARTS) is 3. The summed E-state index contributed by atoms with van der Waals surface area (Å²) in [6.45, 7) is 11.3. The second-order valence-electron chi connectivity index (χ2n) is 22.9. The minimum absolute atomic E-state index is 0.0173. The van der Waals surface area contributed by atoms with Crippen molar-refractivity contribution in [1.29, 1.82) is 0 Å². The number of hydrogen-bond donors (Lipinski definition) is 7. The lowest BCUT2D eigenvalue weighted by atomic mass is 9.80. The van der Waals surface area contributed by atoms with Gasteiger partial charge in [0.1, 0.15) is 32.5 Å². The molecule has 458 valence electrons. The number of anilines is 3. The van der Waals surface area contributed by atoms with Gasteiger partial charge in [-0.3, -0.25) is 28.8 Å². The van der Waals surface area contributed by atoms with Crippen LogP contribution in [0, 0.1) is 11.3 Å². The van der Waals surface area contributed by atoms with E-state index in [0.29, 0.717) is 79.4 Å². The van der Waals surface area contributed by atoms with Gasteiger partial charge in [0.25, 0.3) is 17.7 Å². The number of piperidine rings is 1. The van der Waals surface area contributed by atoms with Gasteiger partial charge in [0.15, 0.2) is 0 Å². The molecular formula is C62H93N9O9S3. The fourth-order valence-corrected chi connectivity index (χ4v) is 13.7. The Bertz CT molecular complexity index is 2570. The van der Waals surface area contributed by atoms with Crippen LogP contribution in [0.1, 0.15) is 213 Å². The maximum Gasteiger partial charge on any atom is 0.309 e. The molecule has 3 aliphatic carbocycles. The predicted molar refractivity (Wildman–Crippen MR) is 334 cm³/mol. The van der Waals surface area contributed by atoms with Gasteiger partial charge in [0, 0.05) is 50.8 Å². The molecule has 18 nitrogen and oxygen atoms in total. The van der Waals surface area contributed by atoms with Crippen LogP contribution in [0.15, 0.2) is 51.5 Å². The number of carboxylic acids is 3. The van der Waals surface area contributed by atoms with Crippen molar-refractivity contribution < 1.29 is 44.1 Å². The summed E-state index contributed by atoms with van der Waals surface area (Å²) in [7, 11) is 0. The molecule has 0 spiro atoms. The Morgan fingerprint density at radius 1 is 0.518 bits per heavy atom. The highest BCUT2D eigenvalue weighted by Crippen LogP contribution is 2.35. The first-order valence-electron chi connectivity index (χ1n) is 30.9. The SMILES string of the molecule is CCCSc1nc(N2CCC(C)(C(=O)O)CC2)ccc1C(=O)NC1CCCCC1.CCCSc1nc(N2CCCC(C(=O)O)CC2)ccc1C(=O)NC1CCCCC1.CCCSc1nc(NCCC(=O)O)ccc1C(=O)NC1CCCCC1. The van der Waals surface area contributed by atoms with Gasteiger partial charge in [-0.15, -0.1) is 35.3 Å². The van der Waals surface area contributed by atoms with Gasteiger partial charge in [0.2, 0.25) is 0 Å². The summed E-state index contributed by atoms with van der Waals surface area (Å²) in [6, 6.07) is 12.0. The summed E-state index contributed by atoms with van der Waals surface area (Å²) in [5.41, 5.74) is 1.27. The minimum Gasteiger partial charge on any atom is -0.481 e. The molecule has 83 heavy (non-hydrogen) atoms. The van der Waals surface area contributed by atoms with E-state index in [2.05, 4.69) is 56.8 Å². The van der Waals surface area contributed by atoms with Crippen molar-refractivity contribution >= 4 is 88.4 Å². The average Bonchev–Trinajstić information content (AvgIpc) is 3.95. The van der Waals surface area contributed by atoms with Crippen LogP contribution in [0.3, 0.4) is 0 Å². The number of carbonyl (C=O) groups excluding carboxylic acids is 3. The third-order valence-electron chi connectivity index (χ3n) is 16.2.